The van der Waals surface area contributed by atoms with E-state index in [2.05, 4.69) is 17.2 Å². The molecular formula is C18H22N2O4S. The van der Waals surface area contributed by atoms with Crippen LogP contribution in [0.5, 0.6) is 5.75 Å². The van der Waals surface area contributed by atoms with Gasteiger partial charge in [-0.3, -0.25) is 4.79 Å². The number of aromatic nitrogens is 1. The van der Waals surface area contributed by atoms with Crippen LogP contribution in [0, 0.1) is 6.92 Å². The first kappa shape index (κ1) is 18.9. The number of amides is 1. The third-order valence-corrected chi connectivity index (χ3v) is 4.82. The number of hydrogen-bond donors (Lipinski definition) is 2. The molecule has 0 saturated carbocycles. The molecule has 0 radical (unpaired) electrons. The highest BCUT2D eigenvalue weighted by atomic mass is 32.1. The van der Waals surface area contributed by atoms with Gasteiger partial charge in [0.25, 0.3) is 5.91 Å². The summed E-state index contributed by atoms with van der Waals surface area (Å²) in [6.07, 6.45) is 1.88. The lowest BCUT2D eigenvalue weighted by atomic mass is 10.1. The smallest absolute Gasteiger partial charge is 0.341 e. The zero-order valence-electron chi connectivity index (χ0n) is 14.5. The molecule has 1 amide bonds. The summed E-state index contributed by atoms with van der Waals surface area (Å²) in [6, 6.07) is 6.82. The predicted molar refractivity (Wildman–Crippen MR) is 96.3 cm³/mol. The monoisotopic (exact) mass is 362 g/mol. The van der Waals surface area contributed by atoms with Gasteiger partial charge in [0.15, 0.2) is 6.61 Å². The molecule has 0 aliphatic rings. The molecule has 1 unspecified atom stereocenters. The van der Waals surface area contributed by atoms with E-state index < -0.39 is 5.97 Å². The Morgan fingerprint density at radius 1 is 1.32 bits per heavy atom. The Labute approximate surface area is 150 Å². The molecule has 2 rings (SSSR count). The maximum absolute atomic E-state index is 12.5. The number of aryl methyl sites for hydroxylation is 2. The number of carboxylic acid groups (broad SMARTS) is 1. The fourth-order valence-electron chi connectivity index (χ4n) is 2.33. The van der Waals surface area contributed by atoms with Crippen LogP contribution in [0.1, 0.15) is 52.2 Å². The molecule has 1 aromatic heterocycles. The Bertz CT molecular complexity index is 740. The van der Waals surface area contributed by atoms with Crippen LogP contribution in [0.25, 0.3) is 0 Å². The van der Waals surface area contributed by atoms with Crippen LogP contribution in [-0.2, 0) is 11.2 Å². The van der Waals surface area contributed by atoms with Crippen molar-refractivity contribution in [1.29, 1.82) is 0 Å². The summed E-state index contributed by atoms with van der Waals surface area (Å²) >= 11 is 1.44. The summed E-state index contributed by atoms with van der Waals surface area (Å²) in [5.74, 6) is -0.671. The van der Waals surface area contributed by atoms with Gasteiger partial charge in [0.2, 0.25) is 0 Å². The van der Waals surface area contributed by atoms with Crippen molar-refractivity contribution >= 4 is 23.2 Å². The number of carbonyl (C=O) groups excluding carboxylic acids is 1. The topological polar surface area (TPSA) is 88.5 Å². The van der Waals surface area contributed by atoms with Crippen molar-refractivity contribution in [1.82, 2.24) is 10.3 Å². The van der Waals surface area contributed by atoms with Crippen LogP contribution < -0.4 is 10.1 Å². The fourth-order valence-corrected chi connectivity index (χ4v) is 3.40. The molecule has 1 atom stereocenters. The molecule has 2 aromatic rings. The van der Waals surface area contributed by atoms with Crippen LogP contribution in [0.2, 0.25) is 0 Å². The predicted octanol–water partition coefficient (Wildman–Crippen LogP) is 3.36. The van der Waals surface area contributed by atoms with E-state index in [9.17, 15) is 9.59 Å². The zero-order valence-corrected chi connectivity index (χ0v) is 15.4. The van der Waals surface area contributed by atoms with Crippen molar-refractivity contribution in [2.24, 2.45) is 0 Å². The highest BCUT2D eigenvalue weighted by Crippen LogP contribution is 2.22. The maximum Gasteiger partial charge on any atom is 0.341 e. The fraction of sp³-hybridized carbons (Fsp3) is 0.389. The molecule has 2 N–H and O–H groups in total. The van der Waals surface area contributed by atoms with E-state index >= 15 is 0 Å². The summed E-state index contributed by atoms with van der Waals surface area (Å²) in [6.45, 7) is 5.46. The van der Waals surface area contributed by atoms with Crippen molar-refractivity contribution in [3.63, 3.8) is 0 Å². The molecule has 0 aliphatic carbocycles. The Balaban J connectivity index is 2.00. The summed E-state index contributed by atoms with van der Waals surface area (Å²) in [4.78, 5) is 28.1. The minimum Gasteiger partial charge on any atom is -0.482 e. The van der Waals surface area contributed by atoms with Crippen LogP contribution in [0.15, 0.2) is 24.3 Å². The number of benzene rings is 1. The molecule has 25 heavy (non-hydrogen) atoms. The van der Waals surface area contributed by atoms with Crippen molar-refractivity contribution in [3.8, 4) is 5.75 Å². The lowest BCUT2D eigenvalue weighted by Gasteiger charge is -2.14. The molecule has 0 saturated heterocycles. The van der Waals surface area contributed by atoms with Crippen molar-refractivity contribution in [3.05, 3.63) is 45.4 Å². The number of rotatable bonds is 8. The lowest BCUT2D eigenvalue weighted by molar-refractivity contribution is -0.139. The van der Waals surface area contributed by atoms with Crippen molar-refractivity contribution in [2.75, 3.05) is 6.61 Å². The number of nitrogens with zero attached hydrogens (tertiary/aromatic N) is 1. The Kier molecular flexibility index (Phi) is 6.52. The second-order valence-corrected chi connectivity index (χ2v) is 6.80. The average Bonchev–Trinajstić information content (AvgIpc) is 2.94. The number of carboxylic acids is 1. The first-order chi connectivity index (χ1) is 11.9. The van der Waals surface area contributed by atoms with Gasteiger partial charge in [-0.15, -0.1) is 11.3 Å². The molecule has 1 aromatic carbocycles. The largest absolute Gasteiger partial charge is 0.482 e. The average molecular weight is 362 g/mol. The number of thiazole rings is 1. The normalized spacial score (nSPS) is 11.8. The minimum absolute atomic E-state index is 0.129. The van der Waals surface area contributed by atoms with Gasteiger partial charge in [0, 0.05) is 0 Å². The Morgan fingerprint density at radius 2 is 2.00 bits per heavy atom. The van der Waals surface area contributed by atoms with Gasteiger partial charge >= 0.3 is 5.97 Å². The van der Waals surface area contributed by atoms with E-state index in [0.29, 0.717) is 10.6 Å². The van der Waals surface area contributed by atoms with Crippen LogP contribution in [0.3, 0.4) is 0 Å². The van der Waals surface area contributed by atoms with Gasteiger partial charge < -0.3 is 15.2 Å². The summed E-state index contributed by atoms with van der Waals surface area (Å²) in [5, 5.41) is 12.6. The molecule has 0 fully saturated rings. The summed E-state index contributed by atoms with van der Waals surface area (Å²) < 4.78 is 5.10. The molecule has 0 aliphatic heterocycles. The second kappa shape index (κ2) is 8.62. The molecule has 7 heteroatoms. The van der Waals surface area contributed by atoms with Crippen molar-refractivity contribution in [2.45, 2.75) is 39.7 Å². The van der Waals surface area contributed by atoms with Crippen LogP contribution in [-0.4, -0.2) is 28.6 Å². The quantitative estimate of drug-likeness (QED) is 0.752. The van der Waals surface area contributed by atoms with E-state index in [0.717, 1.165) is 29.1 Å². The highest BCUT2D eigenvalue weighted by Gasteiger charge is 2.17. The first-order valence-electron chi connectivity index (χ1n) is 8.12. The number of nitrogens with one attached hydrogen (secondary N) is 1. The lowest BCUT2D eigenvalue weighted by Crippen LogP contribution is -2.26. The number of hydrogen-bond acceptors (Lipinski definition) is 5. The number of carbonyl (C=O) groups is 2. The van der Waals surface area contributed by atoms with E-state index in [1.807, 2.05) is 26.0 Å². The van der Waals surface area contributed by atoms with E-state index in [1.165, 1.54) is 11.3 Å². The third kappa shape index (κ3) is 5.29. The molecule has 0 spiro atoms. The van der Waals surface area contributed by atoms with Crippen LogP contribution >= 0.6 is 11.3 Å². The van der Waals surface area contributed by atoms with Crippen LogP contribution in [0.4, 0.5) is 0 Å². The summed E-state index contributed by atoms with van der Waals surface area (Å²) in [7, 11) is 0. The number of ether oxygens (including phenoxy) is 1. The van der Waals surface area contributed by atoms with E-state index in [1.54, 1.807) is 12.1 Å². The highest BCUT2D eigenvalue weighted by molar-refractivity contribution is 7.13. The van der Waals surface area contributed by atoms with E-state index in [-0.39, 0.29) is 18.6 Å². The Morgan fingerprint density at radius 3 is 2.60 bits per heavy atom. The molecule has 1 heterocycles. The first-order valence-corrected chi connectivity index (χ1v) is 8.94. The van der Waals surface area contributed by atoms with Gasteiger partial charge in [-0.05, 0) is 44.4 Å². The molecule has 134 valence electrons. The zero-order chi connectivity index (χ0) is 18.4. The van der Waals surface area contributed by atoms with Crippen molar-refractivity contribution < 1.29 is 19.4 Å². The second-order valence-electron chi connectivity index (χ2n) is 5.72. The molecule has 6 nitrogen and oxygen atoms in total. The third-order valence-electron chi connectivity index (χ3n) is 3.60. The standard InChI is InChI=1S/C18H22N2O4S/c1-4-5-15-19-12(3)17(25-15)18(23)20-11(2)13-6-8-14(9-7-13)24-10-16(21)22/h6-9,11H,4-5,10H2,1-3H3,(H,20,23)(H,21,22). The van der Waals surface area contributed by atoms with Gasteiger partial charge in [-0.1, -0.05) is 19.1 Å². The molecule has 0 bridgehead atoms. The molecular weight excluding hydrogens is 340 g/mol. The minimum atomic E-state index is -1.02. The SMILES string of the molecule is CCCc1nc(C)c(C(=O)NC(C)c2ccc(OCC(=O)O)cc2)s1. The van der Waals surface area contributed by atoms with Gasteiger partial charge in [0.1, 0.15) is 10.6 Å². The summed E-state index contributed by atoms with van der Waals surface area (Å²) in [5.41, 5.74) is 1.67. The maximum atomic E-state index is 12.5. The number of aliphatic carboxylic acids is 1. The Hall–Kier alpha value is -2.41. The van der Waals surface area contributed by atoms with Gasteiger partial charge in [-0.2, -0.15) is 0 Å². The van der Waals surface area contributed by atoms with E-state index in [4.69, 9.17) is 9.84 Å². The van der Waals surface area contributed by atoms with Gasteiger partial charge in [-0.25, -0.2) is 9.78 Å². The van der Waals surface area contributed by atoms with Gasteiger partial charge in [0.05, 0.1) is 16.7 Å².